The van der Waals surface area contributed by atoms with Crippen molar-refractivity contribution < 1.29 is 19.4 Å². The normalized spacial score (nSPS) is 25.7. The predicted molar refractivity (Wildman–Crippen MR) is 126 cm³/mol. The minimum Gasteiger partial charge on any atom is -0.447 e. The van der Waals surface area contributed by atoms with Crippen LogP contribution >= 0.6 is 23.2 Å². The van der Waals surface area contributed by atoms with Crippen LogP contribution in [-0.2, 0) is 10.3 Å². The summed E-state index contributed by atoms with van der Waals surface area (Å²) in [5.74, 6) is -0.146. The molecule has 3 heterocycles. The smallest absolute Gasteiger partial charge is 0.414 e. The number of carbonyl (C=O) groups is 2. The summed E-state index contributed by atoms with van der Waals surface area (Å²) < 4.78 is 5.01. The van der Waals surface area contributed by atoms with Crippen LogP contribution in [0.1, 0.15) is 28.8 Å². The molecule has 2 amide bonds. The molecular weight excluding hydrogens is 465 g/mol. The van der Waals surface area contributed by atoms with Crippen LogP contribution in [-0.4, -0.2) is 72.3 Å². The van der Waals surface area contributed by atoms with E-state index in [-0.39, 0.29) is 17.0 Å². The second kappa shape index (κ2) is 8.80. The van der Waals surface area contributed by atoms with E-state index in [1.54, 1.807) is 30.3 Å². The van der Waals surface area contributed by atoms with Crippen LogP contribution < -0.4 is 4.90 Å². The molecule has 2 aromatic carbocycles. The first-order chi connectivity index (χ1) is 15.9. The average Bonchev–Trinajstić information content (AvgIpc) is 3.24. The van der Waals surface area contributed by atoms with Gasteiger partial charge < -0.3 is 14.7 Å². The monoisotopic (exact) mass is 489 g/mol. The molecule has 3 aliphatic rings. The van der Waals surface area contributed by atoms with Crippen molar-refractivity contribution in [3.05, 3.63) is 63.6 Å². The van der Waals surface area contributed by atoms with E-state index in [4.69, 9.17) is 27.9 Å². The molecule has 3 aliphatic heterocycles. The minimum absolute atomic E-state index is 0.146. The topological polar surface area (TPSA) is 73.3 Å². The fraction of sp³-hybridized carbons (Fsp3) is 0.417. The van der Waals surface area contributed by atoms with Crippen LogP contribution in [0.25, 0.3) is 0 Å². The number of cyclic esters (lactones) is 1. The van der Waals surface area contributed by atoms with Crippen molar-refractivity contribution in [3.8, 4) is 0 Å². The Morgan fingerprint density at radius 1 is 1.09 bits per heavy atom. The molecule has 3 fully saturated rings. The third-order valence-electron chi connectivity index (χ3n) is 6.89. The molecular formula is C24H25Cl2N3O4. The van der Waals surface area contributed by atoms with Crippen molar-refractivity contribution in [1.82, 2.24) is 9.80 Å². The largest absolute Gasteiger partial charge is 0.447 e. The van der Waals surface area contributed by atoms with Crippen molar-refractivity contribution >= 4 is 40.9 Å². The maximum absolute atomic E-state index is 13.4. The zero-order chi connectivity index (χ0) is 23.2. The van der Waals surface area contributed by atoms with E-state index in [0.29, 0.717) is 62.0 Å². The van der Waals surface area contributed by atoms with Gasteiger partial charge in [0, 0.05) is 37.2 Å². The lowest BCUT2D eigenvalue weighted by Crippen LogP contribution is -2.60. The summed E-state index contributed by atoms with van der Waals surface area (Å²) in [5, 5.41) is 12.2. The van der Waals surface area contributed by atoms with Gasteiger partial charge in [0.05, 0.1) is 22.8 Å². The molecule has 0 spiro atoms. The number of hydrogen-bond donors (Lipinski definition) is 1. The number of amides is 2. The van der Waals surface area contributed by atoms with E-state index < -0.39 is 11.7 Å². The maximum atomic E-state index is 13.4. The summed E-state index contributed by atoms with van der Waals surface area (Å²) in [6.07, 6.45) is 0.937. The number of fused-ring (bicyclic) bond motifs is 1. The van der Waals surface area contributed by atoms with Crippen LogP contribution in [0.15, 0.2) is 42.5 Å². The van der Waals surface area contributed by atoms with E-state index in [1.807, 2.05) is 17.0 Å². The van der Waals surface area contributed by atoms with Gasteiger partial charge in [-0.1, -0.05) is 41.4 Å². The molecule has 1 N–H and O–H groups in total. The fourth-order valence-electron chi connectivity index (χ4n) is 5.05. The summed E-state index contributed by atoms with van der Waals surface area (Å²) in [5.41, 5.74) is 0.827. The van der Waals surface area contributed by atoms with Gasteiger partial charge in [0.2, 0.25) is 0 Å². The molecule has 0 aliphatic carbocycles. The van der Waals surface area contributed by atoms with Crippen LogP contribution in [0.3, 0.4) is 0 Å². The Kier molecular flexibility index (Phi) is 5.99. The number of hydrogen-bond acceptors (Lipinski definition) is 5. The van der Waals surface area contributed by atoms with Crippen LogP contribution in [0, 0.1) is 0 Å². The third-order valence-corrected chi connectivity index (χ3v) is 7.54. The van der Waals surface area contributed by atoms with Crippen LogP contribution in [0.5, 0.6) is 0 Å². The molecule has 5 rings (SSSR count). The number of ether oxygens (including phenoxy) is 1. The first-order valence-corrected chi connectivity index (χ1v) is 11.9. The van der Waals surface area contributed by atoms with Gasteiger partial charge in [0.15, 0.2) is 0 Å². The number of anilines is 1. The van der Waals surface area contributed by atoms with Crippen LogP contribution in [0.2, 0.25) is 10.0 Å². The fourth-order valence-corrected chi connectivity index (χ4v) is 5.49. The summed E-state index contributed by atoms with van der Waals surface area (Å²) in [6.45, 7) is 3.02. The third kappa shape index (κ3) is 4.19. The van der Waals surface area contributed by atoms with Gasteiger partial charge in [0.25, 0.3) is 5.91 Å². The molecule has 174 valence electrons. The Labute approximate surface area is 202 Å². The SMILES string of the molecule is O=C(c1cccc(N2CCOC2=O)c1Cl)N1CCN2C[C@@](O)(c3ccc(Cl)cc3)CC[C@@H]2C1. The summed E-state index contributed by atoms with van der Waals surface area (Å²) >= 11 is 12.6. The van der Waals surface area contributed by atoms with Gasteiger partial charge in [-0.05, 0) is 42.7 Å². The highest BCUT2D eigenvalue weighted by Crippen LogP contribution is 2.37. The highest BCUT2D eigenvalue weighted by Gasteiger charge is 2.42. The Hall–Kier alpha value is -2.32. The van der Waals surface area contributed by atoms with E-state index >= 15 is 0 Å². The molecule has 2 aromatic rings. The molecule has 0 radical (unpaired) electrons. The summed E-state index contributed by atoms with van der Waals surface area (Å²) in [4.78, 5) is 30.8. The van der Waals surface area contributed by atoms with Crippen molar-refractivity contribution in [2.45, 2.75) is 24.5 Å². The minimum atomic E-state index is -0.921. The quantitative estimate of drug-likeness (QED) is 0.710. The predicted octanol–water partition coefficient (Wildman–Crippen LogP) is 3.76. The summed E-state index contributed by atoms with van der Waals surface area (Å²) in [6, 6.07) is 12.7. The molecule has 0 unspecified atom stereocenters. The standard InChI is InChI=1S/C24H25Cl2N3O4/c25-17-6-4-16(5-7-17)24(32)9-8-18-14-27(10-11-28(18)15-24)22(30)19-2-1-3-20(21(19)26)29-12-13-33-23(29)31/h1-7,18,32H,8-15H2/t18-,24-/m1/s1. The zero-order valence-electron chi connectivity index (χ0n) is 18.0. The molecule has 0 aromatic heterocycles. The highest BCUT2D eigenvalue weighted by molar-refractivity contribution is 6.37. The Balaban J connectivity index is 1.29. The van der Waals surface area contributed by atoms with Gasteiger partial charge in [-0.15, -0.1) is 0 Å². The number of benzene rings is 2. The van der Waals surface area contributed by atoms with E-state index in [1.165, 1.54) is 4.90 Å². The van der Waals surface area contributed by atoms with Crippen molar-refractivity contribution in [2.24, 2.45) is 0 Å². The summed E-state index contributed by atoms with van der Waals surface area (Å²) in [7, 11) is 0. The molecule has 9 heteroatoms. The van der Waals surface area contributed by atoms with Crippen molar-refractivity contribution in [3.63, 3.8) is 0 Å². The van der Waals surface area contributed by atoms with Crippen molar-refractivity contribution in [2.75, 3.05) is 44.2 Å². The molecule has 3 saturated heterocycles. The number of rotatable bonds is 3. The average molecular weight is 490 g/mol. The zero-order valence-corrected chi connectivity index (χ0v) is 19.6. The molecule has 33 heavy (non-hydrogen) atoms. The lowest BCUT2D eigenvalue weighted by atomic mass is 9.82. The highest BCUT2D eigenvalue weighted by atomic mass is 35.5. The second-order valence-corrected chi connectivity index (χ2v) is 9.67. The number of piperidine rings is 1. The van der Waals surface area contributed by atoms with Gasteiger partial charge in [-0.2, -0.15) is 0 Å². The van der Waals surface area contributed by atoms with E-state index in [2.05, 4.69) is 4.90 Å². The van der Waals surface area contributed by atoms with E-state index in [9.17, 15) is 14.7 Å². The Bertz CT molecular complexity index is 1080. The molecule has 2 atom stereocenters. The Morgan fingerprint density at radius 3 is 2.61 bits per heavy atom. The van der Waals surface area contributed by atoms with E-state index in [0.717, 1.165) is 12.0 Å². The molecule has 7 nitrogen and oxygen atoms in total. The lowest BCUT2D eigenvalue weighted by Gasteiger charge is -2.49. The molecule has 0 saturated carbocycles. The molecule has 0 bridgehead atoms. The van der Waals surface area contributed by atoms with Gasteiger partial charge >= 0.3 is 6.09 Å². The van der Waals surface area contributed by atoms with Gasteiger partial charge in [-0.3, -0.25) is 14.6 Å². The number of halogens is 2. The number of aliphatic hydroxyl groups is 1. The second-order valence-electron chi connectivity index (χ2n) is 8.86. The van der Waals surface area contributed by atoms with Gasteiger partial charge in [-0.25, -0.2) is 4.79 Å². The Morgan fingerprint density at radius 2 is 1.88 bits per heavy atom. The number of piperazine rings is 1. The van der Waals surface area contributed by atoms with Crippen LogP contribution in [0.4, 0.5) is 10.5 Å². The maximum Gasteiger partial charge on any atom is 0.414 e. The van der Waals surface area contributed by atoms with Gasteiger partial charge in [0.1, 0.15) is 12.2 Å². The first kappa shape index (κ1) is 22.5. The van der Waals surface area contributed by atoms with Crippen molar-refractivity contribution in [1.29, 1.82) is 0 Å². The number of carbonyl (C=O) groups excluding carboxylic acids is 2. The number of nitrogens with zero attached hydrogens (tertiary/aromatic N) is 3. The lowest BCUT2D eigenvalue weighted by molar-refractivity contribution is -0.0740. The first-order valence-electron chi connectivity index (χ1n) is 11.1.